The van der Waals surface area contributed by atoms with E-state index in [0.29, 0.717) is 6.21 Å². The number of benzene rings is 2. The molecule has 0 saturated carbocycles. The number of para-hydroxylation sites is 1. The Balaban J connectivity index is 1.76. The molecule has 0 fully saturated rings. The van der Waals surface area contributed by atoms with Crippen molar-refractivity contribution in [2.75, 3.05) is 6.67 Å². The number of fused-ring (bicyclic) bond motifs is 1. The molecule has 0 spiro atoms. The summed E-state index contributed by atoms with van der Waals surface area (Å²) < 4.78 is 13.0. The van der Waals surface area contributed by atoms with Crippen LogP contribution in [-0.4, -0.2) is 53.5 Å². The molecule has 0 aliphatic carbocycles. The third-order valence-electron chi connectivity index (χ3n) is 5.65. The van der Waals surface area contributed by atoms with Crippen molar-refractivity contribution >= 4 is 40.6 Å². The van der Waals surface area contributed by atoms with Crippen LogP contribution in [0.5, 0.6) is 0 Å². The molecule has 0 bridgehead atoms. The summed E-state index contributed by atoms with van der Waals surface area (Å²) >= 11 is 0. The van der Waals surface area contributed by atoms with Crippen LogP contribution in [-0.2, 0) is 32.1 Å². The van der Waals surface area contributed by atoms with Crippen LogP contribution in [0.25, 0.3) is 10.9 Å². The first-order chi connectivity index (χ1) is 17.4. The number of rotatable bonds is 13. The summed E-state index contributed by atoms with van der Waals surface area (Å²) in [4.78, 5) is 52.7. The van der Waals surface area contributed by atoms with Gasteiger partial charge in [0.25, 0.3) is 5.91 Å². The van der Waals surface area contributed by atoms with E-state index in [1.165, 1.54) is 0 Å². The highest BCUT2D eigenvalue weighted by Crippen LogP contribution is 2.19. The molecule has 0 aliphatic heterocycles. The molecule has 3 aromatic rings. The lowest BCUT2D eigenvalue weighted by atomic mass is 10.0. The summed E-state index contributed by atoms with van der Waals surface area (Å²) in [6.07, 6.45) is 2.25. The highest BCUT2D eigenvalue weighted by atomic mass is 19.1. The zero-order chi connectivity index (χ0) is 25.9. The number of carbonyl (C=O) groups is 4. The Hall–Kier alpha value is -4.34. The summed E-state index contributed by atoms with van der Waals surface area (Å²) in [5, 5.41) is 15.6. The van der Waals surface area contributed by atoms with Crippen molar-refractivity contribution < 1.29 is 23.6 Å². The molecule has 1 aromatic heterocycles. The zero-order valence-electron chi connectivity index (χ0n) is 19.6. The van der Waals surface area contributed by atoms with Crippen LogP contribution in [0.2, 0.25) is 0 Å². The minimum Gasteiger partial charge on any atom is -0.361 e. The summed E-state index contributed by atoms with van der Waals surface area (Å²) in [6, 6.07) is 14.3. The van der Waals surface area contributed by atoms with Gasteiger partial charge in [0.05, 0.1) is 6.21 Å². The van der Waals surface area contributed by atoms with Gasteiger partial charge in [-0.1, -0.05) is 48.5 Å². The van der Waals surface area contributed by atoms with Crippen LogP contribution in [0.3, 0.4) is 0 Å². The van der Waals surface area contributed by atoms with Crippen molar-refractivity contribution in [1.29, 1.82) is 5.41 Å². The molecule has 10 heteroatoms. The fraction of sp³-hybridized carbons (Fsp3) is 0.269. The fourth-order valence-electron chi connectivity index (χ4n) is 3.77. The topological polar surface area (TPSA) is 144 Å². The van der Waals surface area contributed by atoms with Crippen molar-refractivity contribution in [3.05, 3.63) is 71.9 Å². The Morgan fingerprint density at radius 1 is 0.944 bits per heavy atom. The van der Waals surface area contributed by atoms with Gasteiger partial charge >= 0.3 is 0 Å². The van der Waals surface area contributed by atoms with Crippen molar-refractivity contribution in [1.82, 2.24) is 20.9 Å². The molecule has 36 heavy (non-hydrogen) atoms. The SMILES string of the molecule is N=CC(=O)CC[C@H](NC(=O)[C@H](Cc1c[nH]c2ccccc12)NC(=O)CF)C(=O)NCc1ccccc1. The average Bonchev–Trinajstić information content (AvgIpc) is 3.32. The number of H-pyrrole nitrogens is 1. The van der Waals surface area contributed by atoms with E-state index in [4.69, 9.17) is 5.41 Å². The lowest BCUT2D eigenvalue weighted by Crippen LogP contribution is -2.54. The van der Waals surface area contributed by atoms with Crippen molar-refractivity contribution in [3.8, 4) is 0 Å². The molecule has 0 aliphatic rings. The molecule has 0 radical (unpaired) electrons. The lowest BCUT2D eigenvalue weighted by molar-refractivity contribution is -0.132. The molecule has 3 rings (SSSR count). The van der Waals surface area contributed by atoms with E-state index in [1.807, 2.05) is 54.6 Å². The molecule has 2 atom stereocenters. The molecule has 5 N–H and O–H groups in total. The number of nitrogens with one attached hydrogen (secondary N) is 5. The van der Waals surface area contributed by atoms with Crippen molar-refractivity contribution in [2.45, 2.75) is 37.9 Å². The van der Waals surface area contributed by atoms with Gasteiger partial charge in [-0.15, -0.1) is 0 Å². The van der Waals surface area contributed by atoms with E-state index in [9.17, 15) is 23.6 Å². The maximum absolute atomic E-state index is 13.2. The Morgan fingerprint density at radius 3 is 2.39 bits per heavy atom. The van der Waals surface area contributed by atoms with E-state index in [1.54, 1.807) is 6.20 Å². The number of hydrogen-bond acceptors (Lipinski definition) is 5. The second-order valence-electron chi connectivity index (χ2n) is 8.23. The van der Waals surface area contributed by atoms with Gasteiger partial charge in [-0.2, -0.15) is 0 Å². The number of aromatic amines is 1. The first-order valence-corrected chi connectivity index (χ1v) is 11.5. The number of ketones is 1. The predicted octanol–water partition coefficient (Wildman–Crippen LogP) is 1.96. The van der Waals surface area contributed by atoms with Gasteiger partial charge in [-0.3, -0.25) is 19.2 Å². The average molecular weight is 494 g/mol. The number of amides is 3. The van der Waals surface area contributed by atoms with Crippen LogP contribution < -0.4 is 16.0 Å². The Morgan fingerprint density at radius 2 is 1.67 bits per heavy atom. The molecule has 0 unspecified atom stereocenters. The van der Waals surface area contributed by atoms with Gasteiger partial charge in [0.1, 0.15) is 12.1 Å². The van der Waals surface area contributed by atoms with E-state index < -0.39 is 42.3 Å². The zero-order valence-corrected chi connectivity index (χ0v) is 19.6. The highest BCUT2D eigenvalue weighted by molar-refractivity contribution is 6.26. The second-order valence-corrected chi connectivity index (χ2v) is 8.23. The predicted molar refractivity (Wildman–Crippen MR) is 133 cm³/mol. The van der Waals surface area contributed by atoms with Crippen molar-refractivity contribution in [2.24, 2.45) is 0 Å². The first-order valence-electron chi connectivity index (χ1n) is 11.5. The van der Waals surface area contributed by atoms with Crippen LogP contribution in [0, 0.1) is 5.41 Å². The number of halogens is 1. The molecule has 0 saturated heterocycles. The Labute approximate surface area is 207 Å². The lowest BCUT2D eigenvalue weighted by Gasteiger charge is -2.23. The monoisotopic (exact) mass is 493 g/mol. The quantitative estimate of drug-likeness (QED) is 0.232. The summed E-state index contributed by atoms with van der Waals surface area (Å²) in [5.74, 6) is -2.66. The number of aromatic nitrogens is 1. The molecule has 2 aromatic carbocycles. The van der Waals surface area contributed by atoms with Gasteiger partial charge in [0.2, 0.25) is 11.8 Å². The maximum Gasteiger partial charge on any atom is 0.252 e. The van der Waals surface area contributed by atoms with Gasteiger partial charge < -0.3 is 26.3 Å². The smallest absolute Gasteiger partial charge is 0.252 e. The Bertz CT molecular complexity index is 1230. The largest absolute Gasteiger partial charge is 0.361 e. The summed E-state index contributed by atoms with van der Waals surface area (Å²) in [6.45, 7) is -1.09. The molecule has 3 amide bonds. The number of carbonyl (C=O) groups excluding carboxylic acids is 4. The summed E-state index contributed by atoms with van der Waals surface area (Å²) in [7, 11) is 0. The minimum absolute atomic E-state index is 0.0442. The van der Waals surface area contributed by atoms with E-state index in [2.05, 4.69) is 20.9 Å². The van der Waals surface area contributed by atoms with Gasteiger partial charge in [-0.05, 0) is 23.6 Å². The first kappa shape index (κ1) is 26.3. The second kappa shape index (κ2) is 12.9. The number of Topliss-reactive ketones (excluding diaryl/α,β-unsaturated/α-hetero) is 1. The molecular weight excluding hydrogens is 465 g/mol. The van der Waals surface area contributed by atoms with Crippen LogP contribution in [0.15, 0.2) is 60.8 Å². The Kier molecular flexibility index (Phi) is 9.44. The molecule has 1 heterocycles. The normalized spacial score (nSPS) is 12.4. The molecule has 9 nitrogen and oxygen atoms in total. The third kappa shape index (κ3) is 7.33. The number of hydrogen-bond donors (Lipinski definition) is 5. The minimum atomic E-state index is -1.30. The van der Waals surface area contributed by atoms with Crippen LogP contribution >= 0.6 is 0 Å². The highest BCUT2D eigenvalue weighted by Gasteiger charge is 2.28. The maximum atomic E-state index is 13.2. The summed E-state index contributed by atoms with van der Waals surface area (Å²) in [5.41, 5.74) is 2.42. The molecule has 188 valence electrons. The van der Waals surface area contributed by atoms with Gasteiger partial charge in [0, 0.05) is 36.5 Å². The van der Waals surface area contributed by atoms with Crippen LogP contribution in [0.1, 0.15) is 24.0 Å². The van der Waals surface area contributed by atoms with E-state index in [0.717, 1.165) is 22.0 Å². The third-order valence-corrected chi connectivity index (χ3v) is 5.65. The van der Waals surface area contributed by atoms with Crippen molar-refractivity contribution in [3.63, 3.8) is 0 Å². The molecular formula is C26H28FN5O4. The number of alkyl halides is 1. The van der Waals surface area contributed by atoms with Gasteiger partial charge in [0.15, 0.2) is 12.5 Å². The van der Waals surface area contributed by atoms with Crippen LogP contribution in [0.4, 0.5) is 4.39 Å². The fourth-order valence-corrected chi connectivity index (χ4v) is 3.77. The van der Waals surface area contributed by atoms with Gasteiger partial charge in [-0.25, -0.2) is 4.39 Å². The van der Waals surface area contributed by atoms with E-state index in [-0.39, 0.29) is 25.8 Å². The standard InChI is InChI=1S/C26H28FN5O4/c27-13-24(34)31-23(12-18-16-29-21-9-5-4-8-20(18)21)26(36)32-22(11-10-19(33)14-28)25(35)30-15-17-6-2-1-3-7-17/h1-9,14,16,22-23,28-29H,10-13,15H2,(H,30,35)(H,31,34)(H,32,36)/t22-,23-/m0/s1. The van der Waals surface area contributed by atoms with E-state index >= 15 is 0 Å².